The van der Waals surface area contributed by atoms with Crippen molar-refractivity contribution in [1.29, 1.82) is 0 Å². The third kappa shape index (κ3) is 8.54. The maximum atomic E-state index is 8.51. The molecule has 0 bridgehead atoms. The van der Waals surface area contributed by atoms with Gasteiger partial charge >= 0.3 is 154 Å². The summed E-state index contributed by atoms with van der Waals surface area (Å²) in [6, 6.07) is 43.4. The number of hydrogen-bond donors (Lipinski definition) is 0. The summed E-state index contributed by atoms with van der Waals surface area (Å²) in [5, 5.41) is 2.07. The second-order valence-electron chi connectivity index (χ2n) is 15.2. The smallest absolute Gasteiger partial charge is 0.120 e. The van der Waals surface area contributed by atoms with E-state index in [1.165, 1.54) is 15.5 Å². The van der Waals surface area contributed by atoms with E-state index in [4.69, 9.17) is 12.1 Å². The molecular weight excluding hydrogens is 849 g/mol. The van der Waals surface area contributed by atoms with E-state index in [9.17, 15) is 0 Å². The van der Waals surface area contributed by atoms with Crippen LogP contribution in [-0.4, -0.2) is 23.2 Å². The molecule has 4 aromatic carbocycles. The summed E-state index contributed by atoms with van der Waals surface area (Å²) < 4.78 is 24.3. The average Bonchev–Trinajstić information content (AvgIpc) is 3.50. The third-order valence-corrected chi connectivity index (χ3v) is 13.0. The van der Waals surface area contributed by atoms with Gasteiger partial charge in [0.05, 0.1) is 5.58 Å². The molecule has 0 unspecified atom stereocenters. The molecule has 1 radical (unpaired) electrons. The predicted molar refractivity (Wildman–Crippen MR) is 209 cm³/mol. The van der Waals surface area contributed by atoms with Gasteiger partial charge in [0.15, 0.2) is 0 Å². The van der Waals surface area contributed by atoms with Gasteiger partial charge in [0, 0.05) is 34.4 Å². The van der Waals surface area contributed by atoms with Crippen molar-refractivity contribution in [3.63, 3.8) is 0 Å². The van der Waals surface area contributed by atoms with Gasteiger partial charge in [0.1, 0.15) is 5.58 Å². The Bertz CT molecular complexity index is 2290. The van der Waals surface area contributed by atoms with Gasteiger partial charge in [-0.15, -0.1) is 23.8 Å². The standard InChI is InChI=1S/C23H26GeN.C22H20NO.Ir/c1-23(2,18-11-7-6-8-12-18)21-14-10-9-13-20(21)22-16-15-19(17-25-22)24(3,4)5;1-22(2,3)14-15-10-11-23-19(12-15)16-8-9-21-18(13-16)17-6-4-5-7-20(17)24-21;/h6-12,14-17H,1-5H3;4-7,9-13H,14H2,1-3H3;/q2*-1;/i;14D2;. The van der Waals surface area contributed by atoms with E-state index in [-0.39, 0.29) is 25.5 Å². The molecule has 50 heavy (non-hydrogen) atoms. The Morgan fingerprint density at radius 2 is 1.48 bits per heavy atom. The van der Waals surface area contributed by atoms with Gasteiger partial charge in [-0.25, -0.2) is 0 Å². The summed E-state index contributed by atoms with van der Waals surface area (Å²) in [6.07, 6.45) is 2.28. The Morgan fingerprint density at radius 3 is 2.18 bits per heavy atom. The minimum atomic E-state index is -1.84. The molecule has 257 valence electrons. The zero-order valence-corrected chi connectivity index (χ0v) is 34.7. The van der Waals surface area contributed by atoms with Crippen LogP contribution in [-0.2, 0) is 31.9 Å². The molecule has 0 amide bonds. The Balaban J connectivity index is 0.000000197. The summed E-state index contributed by atoms with van der Waals surface area (Å²) in [5.74, 6) is 7.19. The molecule has 0 aliphatic heterocycles. The molecule has 5 heteroatoms. The summed E-state index contributed by atoms with van der Waals surface area (Å²) in [5.41, 5.74) is 7.86. The molecule has 0 N–H and O–H groups in total. The SMILES string of the molecule is CC(C)(c1ccccc1)c1ccc[c-]c1-c1cc[c]([Ge]([CH3])([CH3])[CH3])cn1.[2H]C([2H])(c1ccnc(-c2[c-]cc3oc4ccccc4c3c2)c1)C(C)(C)C.[Ir]. The first-order valence-electron chi connectivity index (χ1n) is 17.9. The molecule has 0 fully saturated rings. The normalized spacial score (nSPS) is 12.8. The van der Waals surface area contributed by atoms with Gasteiger partial charge < -0.3 is 9.40 Å². The van der Waals surface area contributed by atoms with E-state index >= 15 is 0 Å². The van der Waals surface area contributed by atoms with Crippen LogP contribution in [0, 0.1) is 17.5 Å². The van der Waals surface area contributed by atoms with Crippen LogP contribution in [0.5, 0.6) is 0 Å². The average molecular weight is 898 g/mol. The number of hydrogen-bond acceptors (Lipinski definition) is 3. The molecule has 0 saturated heterocycles. The quantitative estimate of drug-likeness (QED) is 0.123. The molecule has 3 heterocycles. The first kappa shape index (κ1) is 34.6. The van der Waals surface area contributed by atoms with E-state index in [0.29, 0.717) is 11.3 Å². The van der Waals surface area contributed by atoms with Gasteiger partial charge in [-0.3, -0.25) is 0 Å². The Morgan fingerprint density at radius 1 is 0.740 bits per heavy atom. The minimum absolute atomic E-state index is 0. The fourth-order valence-corrected chi connectivity index (χ4v) is 8.24. The van der Waals surface area contributed by atoms with E-state index in [1.54, 1.807) is 12.3 Å². The number of para-hydroxylation sites is 1. The van der Waals surface area contributed by atoms with Gasteiger partial charge in [-0.05, 0) is 29.6 Å². The van der Waals surface area contributed by atoms with Crippen LogP contribution in [0.25, 0.3) is 44.5 Å². The Kier molecular flexibility index (Phi) is 10.5. The number of fused-ring (bicyclic) bond motifs is 3. The van der Waals surface area contributed by atoms with Crippen LogP contribution in [0.15, 0.2) is 126 Å². The van der Waals surface area contributed by atoms with Crippen molar-refractivity contribution in [3.05, 3.63) is 150 Å². The summed E-state index contributed by atoms with van der Waals surface area (Å²) in [4.78, 5) is 9.25. The number of furan rings is 1. The van der Waals surface area contributed by atoms with Crippen molar-refractivity contribution >= 4 is 39.6 Å². The predicted octanol–water partition coefficient (Wildman–Crippen LogP) is 11.5. The molecule has 0 aliphatic rings. The van der Waals surface area contributed by atoms with Crippen LogP contribution in [0.3, 0.4) is 0 Å². The number of aromatic nitrogens is 2. The molecule has 3 nitrogen and oxygen atoms in total. The van der Waals surface area contributed by atoms with Crippen molar-refractivity contribution in [3.8, 4) is 22.5 Å². The van der Waals surface area contributed by atoms with Gasteiger partial charge in [-0.1, -0.05) is 56.0 Å². The Labute approximate surface area is 317 Å². The maximum absolute atomic E-state index is 8.51. The third-order valence-electron chi connectivity index (χ3n) is 8.78. The topological polar surface area (TPSA) is 38.9 Å². The first-order valence-corrected chi connectivity index (χ1v) is 24.3. The monoisotopic (exact) mass is 899 g/mol. The van der Waals surface area contributed by atoms with E-state index in [1.807, 2.05) is 69.3 Å². The molecule has 3 aromatic heterocycles. The van der Waals surface area contributed by atoms with Crippen molar-refractivity contribution < 1.29 is 27.3 Å². The summed E-state index contributed by atoms with van der Waals surface area (Å²) in [7, 11) is 0. The summed E-state index contributed by atoms with van der Waals surface area (Å²) in [6.45, 7) is 10.3. The molecule has 0 spiro atoms. The fourth-order valence-electron chi connectivity index (χ4n) is 6.07. The summed E-state index contributed by atoms with van der Waals surface area (Å²) >= 11 is -1.84. The van der Waals surface area contributed by atoms with Gasteiger partial charge in [-0.2, -0.15) is 0 Å². The number of nitrogens with zero attached hydrogens (tertiary/aromatic N) is 2. The molecular formula is C45H46GeIrN2O-2. The second-order valence-corrected chi connectivity index (χ2v) is 25.8. The van der Waals surface area contributed by atoms with E-state index < -0.39 is 25.1 Å². The number of rotatable bonds is 6. The minimum Gasteiger partial charge on any atom is -0.500 e. The Hall–Kier alpha value is -3.83. The van der Waals surface area contributed by atoms with E-state index in [0.717, 1.165) is 38.8 Å². The van der Waals surface area contributed by atoms with Crippen molar-refractivity contribution in [1.82, 2.24) is 9.97 Å². The van der Waals surface area contributed by atoms with Crippen molar-refractivity contribution in [2.24, 2.45) is 5.41 Å². The van der Waals surface area contributed by atoms with Crippen LogP contribution >= 0.6 is 0 Å². The van der Waals surface area contributed by atoms with Crippen molar-refractivity contribution in [2.45, 2.75) is 63.7 Å². The van der Waals surface area contributed by atoms with Crippen LogP contribution < -0.4 is 4.40 Å². The van der Waals surface area contributed by atoms with Crippen LogP contribution in [0.1, 0.15) is 54.1 Å². The van der Waals surface area contributed by atoms with Gasteiger partial charge in [0.2, 0.25) is 0 Å². The van der Waals surface area contributed by atoms with E-state index in [2.05, 4.69) is 109 Å². The first-order chi connectivity index (χ1) is 24.1. The van der Waals surface area contributed by atoms with Crippen LogP contribution in [0.2, 0.25) is 17.3 Å². The molecule has 7 rings (SSSR count). The zero-order valence-electron chi connectivity index (χ0n) is 32.2. The molecule has 0 atom stereocenters. The largest absolute Gasteiger partial charge is 0.500 e. The number of benzene rings is 4. The van der Waals surface area contributed by atoms with Crippen molar-refractivity contribution in [2.75, 3.05) is 0 Å². The molecule has 7 aromatic rings. The molecule has 0 saturated carbocycles. The maximum Gasteiger partial charge on any atom is 0.120 e. The fraction of sp³-hybridized carbons (Fsp3) is 0.244. The number of pyridine rings is 2. The van der Waals surface area contributed by atoms with Crippen LogP contribution in [0.4, 0.5) is 0 Å². The second kappa shape index (κ2) is 15.2. The molecule has 0 aliphatic carbocycles. The van der Waals surface area contributed by atoms with Gasteiger partial charge in [0.25, 0.3) is 0 Å². The zero-order chi connectivity index (χ0) is 36.6.